The lowest BCUT2D eigenvalue weighted by atomic mass is 10.1. The molecule has 2 N–H and O–H groups in total. The highest BCUT2D eigenvalue weighted by Crippen LogP contribution is 2.06. The average molecular weight is 168 g/mol. The van der Waals surface area contributed by atoms with E-state index in [1.54, 1.807) is 0 Å². The third kappa shape index (κ3) is 1.64. The van der Waals surface area contributed by atoms with Gasteiger partial charge in [-0.3, -0.25) is 9.79 Å². The van der Waals surface area contributed by atoms with Crippen molar-refractivity contribution in [3.05, 3.63) is 11.3 Å². The van der Waals surface area contributed by atoms with Gasteiger partial charge in [0, 0.05) is 6.54 Å². The summed E-state index contributed by atoms with van der Waals surface area (Å²) in [5.74, 6) is 0.376. The lowest BCUT2D eigenvalue weighted by Gasteiger charge is -2.04. The molecule has 66 valence electrons. The molecule has 0 bridgehead atoms. The van der Waals surface area contributed by atoms with Crippen LogP contribution in [0.3, 0.4) is 0 Å². The Morgan fingerprint density at radius 3 is 2.58 bits per heavy atom. The predicted octanol–water partition coefficient (Wildman–Crippen LogP) is 0.409. The van der Waals surface area contributed by atoms with E-state index >= 15 is 0 Å². The number of hydrogen-bond acceptors (Lipinski definition) is 4. The Bertz CT molecular complexity index is 262. The van der Waals surface area contributed by atoms with Gasteiger partial charge in [0.2, 0.25) is 0 Å². The van der Waals surface area contributed by atoms with Crippen LogP contribution in [0.5, 0.6) is 0 Å². The van der Waals surface area contributed by atoms with Gasteiger partial charge in [-0.15, -0.1) is 0 Å². The molecule has 4 heteroatoms. The molecule has 0 amide bonds. The van der Waals surface area contributed by atoms with Gasteiger partial charge in [-0.05, 0) is 13.8 Å². The van der Waals surface area contributed by atoms with Crippen molar-refractivity contribution in [2.75, 3.05) is 13.1 Å². The van der Waals surface area contributed by atoms with Gasteiger partial charge in [-0.1, -0.05) is 0 Å². The Morgan fingerprint density at radius 1 is 1.58 bits per heavy atom. The molecular formula is C8H12N2O2. The molecule has 1 heterocycles. The number of carbonyl (C=O) groups excluding carboxylic acids is 1. The maximum absolute atomic E-state index is 11.0. The van der Waals surface area contributed by atoms with Gasteiger partial charge in [-0.2, -0.15) is 0 Å². The highest BCUT2D eigenvalue weighted by Gasteiger charge is 2.17. The molecule has 0 atom stereocenters. The molecule has 0 fully saturated rings. The third-order valence-corrected chi connectivity index (χ3v) is 1.62. The molecule has 0 aromatic carbocycles. The van der Waals surface area contributed by atoms with Gasteiger partial charge in [0.15, 0.2) is 5.78 Å². The van der Waals surface area contributed by atoms with Crippen molar-refractivity contribution in [2.24, 2.45) is 4.99 Å². The normalized spacial score (nSPS) is 18.0. The summed E-state index contributed by atoms with van der Waals surface area (Å²) >= 11 is 0. The van der Waals surface area contributed by atoms with Crippen molar-refractivity contribution >= 4 is 11.6 Å². The van der Waals surface area contributed by atoms with Crippen LogP contribution in [0, 0.1) is 0 Å². The van der Waals surface area contributed by atoms with Crippen LogP contribution in [-0.2, 0) is 4.79 Å². The van der Waals surface area contributed by atoms with Crippen LogP contribution in [0.2, 0.25) is 0 Å². The van der Waals surface area contributed by atoms with Gasteiger partial charge in [-0.25, -0.2) is 0 Å². The number of ketones is 1. The fourth-order valence-electron chi connectivity index (χ4n) is 1.16. The van der Waals surface area contributed by atoms with Crippen molar-refractivity contribution in [3.8, 4) is 0 Å². The van der Waals surface area contributed by atoms with E-state index in [9.17, 15) is 9.90 Å². The molecule has 1 rings (SSSR count). The van der Waals surface area contributed by atoms with Gasteiger partial charge in [0.1, 0.15) is 11.6 Å². The summed E-state index contributed by atoms with van der Waals surface area (Å²) in [6.45, 7) is 4.30. The topological polar surface area (TPSA) is 61.7 Å². The van der Waals surface area contributed by atoms with E-state index in [0.29, 0.717) is 18.0 Å². The Balaban J connectivity index is 2.95. The maximum atomic E-state index is 11.0. The molecule has 0 radical (unpaired) electrons. The highest BCUT2D eigenvalue weighted by molar-refractivity contribution is 6.21. The van der Waals surface area contributed by atoms with E-state index in [0.717, 1.165) is 6.54 Å². The fraction of sp³-hybridized carbons (Fsp3) is 0.500. The number of rotatable bonds is 2. The van der Waals surface area contributed by atoms with E-state index in [4.69, 9.17) is 0 Å². The fourth-order valence-corrected chi connectivity index (χ4v) is 1.16. The molecular weight excluding hydrogens is 156 g/mol. The second-order valence-corrected chi connectivity index (χ2v) is 2.67. The van der Waals surface area contributed by atoms with Gasteiger partial charge < -0.3 is 10.4 Å². The summed E-state index contributed by atoms with van der Waals surface area (Å²) in [6.07, 6.45) is 0. The van der Waals surface area contributed by atoms with Crippen LogP contribution < -0.4 is 5.32 Å². The second-order valence-electron chi connectivity index (χ2n) is 2.67. The average Bonchev–Trinajstić information content (AvgIpc) is 2.37. The Kier molecular flexibility index (Phi) is 2.47. The number of aliphatic hydroxyl groups is 1. The largest absolute Gasteiger partial charge is 0.512 e. The number of carbonyl (C=O) groups is 1. The predicted molar refractivity (Wildman–Crippen MR) is 46.3 cm³/mol. The molecule has 1 aliphatic heterocycles. The summed E-state index contributed by atoms with van der Waals surface area (Å²) in [7, 11) is 0. The van der Waals surface area contributed by atoms with Crippen LogP contribution in [0.4, 0.5) is 0 Å². The quantitative estimate of drug-likeness (QED) is 0.463. The molecule has 0 aliphatic carbocycles. The van der Waals surface area contributed by atoms with Crippen molar-refractivity contribution in [1.82, 2.24) is 5.32 Å². The lowest BCUT2D eigenvalue weighted by molar-refractivity contribution is -0.113. The van der Waals surface area contributed by atoms with Gasteiger partial charge in [0.25, 0.3) is 0 Å². The first-order valence-electron chi connectivity index (χ1n) is 3.82. The Labute approximate surface area is 71.0 Å². The number of Topliss-reactive ketones (excluding diaryl/α,β-unsaturated/α-hetero) is 1. The van der Waals surface area contributed by atoms with E-state index < -0.39 is 0 Å². The molecule has 0 aromatic heterocycles. The zero-order valence-electron chi connectivity index (χ0n) is 7.22. The van der Waals surface area contributed by atoms with Crippen LogP contribution >= 0.6 is 0 Å². The van der Waals surface area contributed by atoms with Crippen LogP contribution in [-0.4, -0.2) is 29.8 Å². The molecule has 0 saturated heterocycles. The zero-order chi connectivity index (χ0) is 9.14. The van der Waals surface area contributed by atoms with Crippen LogP contribution in [0.15, 0.2) is 16.3 Å². The molecule has 1 aliphatic rings. The molecule has 0 spiro atoms. The number of nitrogens with one attached hydrogen (secondary N) is 1. The summed E-state index contributed by atoms with van der Waals surface area (Å²) in [6, 6.07) is 0. The van der Waals surface area contributed by atoms with Crippen molar-refractivity contribution in [2.45, 2.75) is 13.8 Å². The smallest absolute Gasteiger partial charge is 0.166 e. The minimum atomic E-state index is -0.164. The van der Waals surface area contributed by atoms with Crippen LogP contribution in [0.1, 0.15) is 13.8 Å². The zero-order valence-corrected chi connectivity index (χ0v) is 7.22. The first kappa shape index (κ1) is 8.77. The van der Waals surface area contributed by atoms with E-state index in [-0.39, 0.29) is 11.5 Å². The van der Waals surface area contributed by atoms with Gasteiger partial charge >= 0.3 is 0 Å². The Morgan fingerprint density at radius 2 is 2.25 bits per heavy atom. The highest BCUT2D eigenvalue weighted by atomic mass is 16.3. The first-order chi connectivity index (χ1) is 5.63. The summed E-state index contributed by atoms with van der Waals surface area (Å²) in [5, 5.41) is 12.1. The minimum absolute atomic E-state index is 0.0238. The summed E-state index contributed by atoms with van der Waals surface area (Å²) in [4.78, 5) is 15.1. The third-order valence-electron chi connectivity index (χ3n) is 1.62. The maximum Gasteiger partial charge on any atom is 0.166 e. The minimum Gasteiger partial charge on any atom is -0.512 e. The number of aliphatic imine (C=N–C) groups is 1. The second kappa shape index (κ2) is 3.38. The SMILES string of the molecule is CC(=O)C(C1=NCCN1)=C(C)O. The van der Waals surface area contributed by atoms with E-state index in [1.165, 1.54) is 13.8 Å². The standard InChI is InChI=1S/C8H12N2O2/c1-5(11)7(6(2)12)8-9-3-4-10-8/h11H,3-4H2,1-2H3,(H,9,10). The van der Waals surface area contributed by atoms with Crippen molar-refractivity contribution in [3.63, 3.8) is 0 Å². The number of amidine groups is 1. The summed E-state index contributed by atoms with van der Waals surface area (Å²) in [5.41, 5.74) is 0.299. The molecule has 0 unspecified atom stereocenters. The molecule has 0 aromatic rings. The monoisotopic (exact) mass is 168 g/mol. The molecule has 12 heavy (non-hydrogen) atoms. The first-order valence-corrected chi connectivity index (χ1v) is 3.82. The van der Waals surface area contributed by atoms with Crippen LogP contribution in [0.25, 0.3) is 0 Å². The lowest BCUT2D eigenvalue weighted by Crippen LogP contribution is -2.24. The van der Waals surface area contributed by atoms with Gasteiger partial charge in [0.05, 0.1) is 12.1 Å². The number of nitrogens with zero attached hydrogens (tertiary/aromatic N) is 1. The van der Waals surface area contributed by atoms with E-state index in [1.807, 2.05) is 0 Å². The number of aliphatic hydroxyl groups excluding tert-OH is 1. The Hall–Kier alpha value is -1.32. The van der Waals surface area contributed by atoms with Crippen molar-refractivity contribution < 1.29 is 9.90 Å². The number of allylic oxidation sites excluding steroid dienone is 1. The molecule has 4 nitrogen and oxygen atoms in total. The molecule has 0 saturated carbocycles. The van der Waals surface area contributed by atoms with Crippen molar-refractivity contribution in [1.29, 1.82) is 0 Å². The number of hydrogen-bond donors (Lipinski definition) is 2. The summed E-state index contributed by atoms with van der Waals surface area (Å²) < 4.78 is 0. The van der Waals surface area contributed by atoms with E-state index in [2.05, 4.69) is 10.3 Å².